The molecule has 2 aliphatic heterocycles. The van der Waals surface area contributed by atoms with Crippen molar-refractivity contribution in [1.29, 1.82) is 0 Å². The summed E-state index contributed by atoms with van der Waals surface area (Å²) in [7, 11) is 0. The average Bonchev–Trinajstić information content (AvgIpc) is 3.27. The van der Waals surface area contributed by atoms with Gasteiger partial charge in [0.1, 0.15) is 0 Å². The van der Waals surface area contributed by atoms with E-state index in [1.807, 2.05) is 48.2 Å². The van der Waals surface area contributed by atoms with E-state index in [2.05, 4.69) is 34.1 Å². The first kappa shape index (κ1) is 20.3. The molecule has 2 aromatic carbocycles. The molecule has 0 bridgehead atoms. The quantitative estimate of drug-likeness (QED) is 0.488. The summed E-state index contributed by atoms with van der Waals surface area (Å²) >= 11 is 2.03. The lowest BCUT2D eigenvalue weighted by Gasteiger charge is -2.27. The minimum atomic E-state index is 0.174. The molecule has 2 unspecified atom stereocenters. The fourth-order valence-corrected chi connectivity index (χ4v) is 6.27. The first-order valence-corrected chi connectivity index (χ1v) is 11.7. The summed E-state index contributed by atoms with van der Waals surface area (Å²) in [4.78, 5) is 17.7. The van der Waals surface area contributed by atoms with Crippen LogP contribution >= 0.6 is 11.8 Å². The number of rotatable bonds is 9. The monoisotopic (exact) mass is 410 g/mol. The molecule has 0 spiro atoms. The maximum Gasteiger partial charge on any atom is 0.321 e. The number of benzene rings is 2. The summed E-state index contributed by atoms with van der Waals surface area (Å²) < 4.78 is 0. The summed E-state index contributed by atoms with van der Waals surface area (Å²) in [6.45, 7) is 1.64. The molecular weight excluding hydrogens is 380 g/mol. The molecule has 2 amide bonds. The van der Waals surface area contributed by atoms with Gasteiger partial charge < -0.3 is 14.9 Å². The van der Waals surface area contributed by atoms with Crippen molar-refractivity contribution in [2.75, 3.05) is 12.4 Å². The molecule has 2 heterocycles. The van der Waals surface area contributed by atoms with Gasteiger partial charge in [-0.3, -0.25) is 0 Å². The normalized spacial score (nSPS) is 23.6. The molecule has 5 heteroatoms. The smallest absolute Gasteiger partial charge is 0.321 e. The van der Waals surface area contributed by atoms with E-state index < -0.39 is 0 Å². The number of aliphatic hydroxyl groups excluding tert-OH is 1. The van der Waals surface area contributed by atoms with Crippen LogP contribution in [0.2, 0.25) is 0 Å². The lowest BCUT2D eigenvalue weighted by atomic mass is 10.0. The van der Waals surface area contributed by atoms with Crippen LogP contribution in [0.3, 0.4) is 0 Å². The lowest BCUT2D eigenvalue weighted by Crippen LogP contribution is -2.40. The Hall–Kier alpha value is -1.98. The summed E-state index contributed by atoms with van der Waals surface area (Å²) in [5, 5.41) is 9.54. The van der Waals surface area contributed by atoms with Gasteiger partial charge in [-0.05, 0) is 24.0 Å². The zero-order valence-electron chi connectivity index (χ0n) is 16.8. The second-order valence-electron chi connectivity index (χ2n) is 8.01. The highest BCUT2D eigenvalue weighted by Crippen LogP contribution is 2.42. The molecule has 2 aliphatic rings. The van der Waals surface area contributed by atoms with Crippen LogP contribution in [0.15, 0.2) is 60.7 Å². The van der Waals surface area contributed by atoms with Gasteiger partial charge in [-0.15, -0.1) is 0 Å². The number of hydrogen-bond donors (Lipinski definition) is 1. The minimum absolute atomic E-state index is 0.174. The first-order chi connectivity index (χ1) is 14.3. The second-order valence-corrected chi connectivity index (χ2v) is 9.28. The zero-order valence-corrected chi connectivity index (χ0v) is 17.6. The number of unbranched alkanes of at least 4 members (excludes halogenated alkanes) is 2. The van der Waals surface area contributed by atoms with E-state index in [1.165, 1.54) is 11.1 Å². The fraction of sp³-hybridized carbons (Fsp3) is 0.458. The highest BCUT2D eigenvalue weighted by molar-refractivity contribution is 8.00. The number of thioether (sulfide) groups is 1. The van der Waals surface area contributed by atoms with Gasteiger partial charge in [-0.2, -0.15) is 11.8 Å². The van der Waals surface area contributed by atoms with Crippen molar-refractivity contribution in [1.82, 2.24) is 9.80 Å². The number of urea groups is 1. The number of aliphatic hydroxyl groups is 1. The van der Waals surface area contributed by atoms with Crippen molar-refractivity contribution in [2.45, 2.75) is 56.1 Å². The molecule has 0 radical (unpaired) electrons. The fourth-order valence-electron chi connectivity index (χ4n) is 4.59. The van der Waals surface area contributed by atoms with Crippen molar-refractivity contribution >= 4 is 17.8 Å². The summed E-state index contributed by atoms with van der Waals surface area (Å²) in [6.07, 6.45) is 4.17. The molecule has 4 rings (SSSR count). The van der Waals surface area contributed by atoms with Crippen LogP contribution < -0.4 is 0 Å². The largest absolute Gasteiger partial charge is 0.396 e. The predicted molar refractivity (Wildman–Crippen MR) is 119 cm³/mol. The molecule has 0 aliphatic carbocycles. The van der Waals surface area contributed by atoms with Gasteiger partial charge in [0.2, 0.25) is 0 Å². The number of carbonyl (C=O) groups is 1. The zero-order chi connectivity index (χ0) is 20.1. The van der Waals surface area contributed by atoms with E-state index in [0.29, 0.717) is 18.3 Å². The number of fused-ring (bicyclic) bond motifs is 1. The Labute approximate surface area is 177 Å². The van der Waals surface area contributed by atoms with Crippen LogP contribution in [-0.2, 0) is 13.1 Å². The average molecular weight is 411 g/mol. The van der Waals surface area contributed by atoms with Crippen molar-refractivity contribution in [2.24, 2.45) is 0 Å². The molecule has 29 heavy (non-hydrogen) atoms. The number of hydrogen-bond acceptors (Lipinski definition) is 3. The molecule has 154 valence electrons. The second kappa shape index (κ2) is 9.68. The van der Waals surface area contributed by atoms with Gasteiger partial charge in [0.15, 0.2) is 0 Å². The Bertz CT molecular complexity index is 786. The lowest BCUT2D eigenvalue weighted by molar-refractivity contribution is 0.180. The standard InChI is InChI=1S/C24H30N2O2S/c27-15-9-3-8-14-22-23-21(18-29-22)25(16-19-10-4-1-5-11-19)24(28)26(23)17-20-12-6-2-7-13-20/h1-2,4-7,10-13,21-23,27H,3,8-9,14-18H2/t21?,22-,23?/m0/s1. The molecular formula is C24H30N2O2S. The van der Waals surface area contributed by atoms with Crippen LogP contribution in [0.25, 0.3) is 0 Å². The highest BCUT2D eigenvalue weighted by Gasteiger charge is 2.52. The van der Waals surface area contributed by atoms with E-state index in [9.17, 15) is 4.79 Å². The first-order valence-electron chi connectivity index (χ1n) is 10.7. The molecule has 2 saturated heterocycles. The molecule has 2 fully saturated rings. The van der Waals surface area contributed by atoms with Gasteiger partial charge in [0.05, 0.1) is 12.1 Å². The molecule has 1 N–H and O–H groups in total. The maximum atomic E-state index is 13.5. The third-order valence-corrected chi connectivity index (χ3v) is 7.52. The number of nitrogens with zero attached hydrogens (tertiary/aromatic N) is 2. The van der Waals surface area contributed by atoms with Gasteiger partial charge in [-0.25, -0.2) is 4.79 Å². The summed E-state index contributed by atoms with van der Waals surface area (Å²) in [6, 6.07) is 21.4. The summed E-state index contributed by atoms with van der Waals surface area (Å²) in [5.41, 5.74) is 2.38. The van der Waals surface area contributed by atoms with Gasteiger partial charge in [0, 0.05) is 30.7 Å². The molecule has 0 aromatic heterocycles. The SMILES string of the molecule is O=C1N(Cc2ccccc2)C2CS[C@@H](CCCCCO)C2N1Cc1ccccc1. The Morgan fingerprint density at radius 3 is 2.10 bits per heavy atom. The van der Waals surface area contributed by atoms with E-state index >= 15 is 0 Å². The third kappa shape index (κ3) is 4.62. The summed E-state index contributed by atoms with van der Waals surface area (Å²) in [5.74, 6) is 1.01. The van der Waals surface area contributed by atoms with Gasteiger partial charge >= 0.3 is 6.03 Å². The van der Waals surface area contributed by atoms with Gasteiger partial charge in [0.25, 0.3) is 0 Å². The maximum absolute atomic E-state index is 13.5. The van der Waals surface area contributed by atoms with E-state index in [-0.39, 0.29) is 24.7 Å². The Kier molecular flexibility index (Phi) is 6.78. The van der Waals surface area contributed by atoms with Crippen molar-refractivity contribution in [3.8, 4) is 0 Å². The Morgan fingerprint density at radius 1 is 0.862 bits per heavy atom. The van der Waals surface area contributed by atoms with E-state index in [1.54, 1.807) is 0 Å². The van der Waals surface area contributed by atoms with Crippen LogP contribution in [0, 0.1) is 0 Å². The van der Waals surface area contributed by atoms with E-state index in [4.69, 9.17) is 5.11 Å². The van der Waals surface area contributed by atoms with Crippen LogP contribution in [0.4, 0.5) is 4.79 Å². The highest BCUT2D eigenvalue weighted by atomic mass is 32.2. The van der Waals surface area contributed by atoms with Crippen molar-refractivity contribution in [3.63, 3.8) is 0 Å². The topological polar surface area (TPSA) is 43.8 Å². The molecule has 4 nitrogen and oxygen atoms in total. The Balaban J connectivity index is 1.53. The number of carbonyl (C=O) groups excluding carboxylic acids is 1. The molecule has 0 saturated carbocycles. The Morgan fingerprint density at radius 2 is 1.48 bits per heavy atom. The molecule has 3 atom stereocenters. The molecule has 2 aromatic rings. The van der Waals surface area contributed by atoms with Crippen molar-refractivity contribution in [3.05, 3.63) is 71.8 Å². The number of amides is 2. The van der Waals surface area contributed by atoms with E-state index in [0.717, 1.165) is 31.4 Å². The van der Waals surface area contributed by atoms with Crippen molar-refractivity contribution < 1.29 is 9.90 Å². The van der Waals surface area contributed by atoms with Crippen LogP contribution in [0.5, 0.6) is 0 Å². The van der Waals surface area contributed by atoms with Crippen LogP contribution in [-0.4, -0.2) is 50.6 Å². The van der Waals surface area contributed by atoms with Gasteiger partial charge in [-0.1, -0.05) is 73.5 Å². The van der Waals surface area contributed by atoms with Crippen LogP contribution in [0.1, 0.15) is 36.8 Å². The predicted octanol–water partition coefficient (Wildman–Crippen LogP) is 4.53. The minimum Gasteiger partial charge on any atom is -0.396 e. The third-order valence-electron chi connectivity index (χ3n) is 6.05.